The van der Waals surface area contributed by atoms with Gasteiger partial charge in [-0.2, -0.15) is 0 Å². The zero-order chi connectivity index (χ0) is 25.8. The maximum atomic E-state index is 13.2. The molecule has 5 rings (SSSR count). The van der Waals surface area contributed by atoms with Gasteiger partial charge in [-0.25, -0.2) is 4.98 Å². The summed E-state index contributed by atoms with van der Waals surface area (Å²) < 4.78 is 5.45. The van der Waals surface area contributed by atoms with Gasteiger partial charge in [0.1, 0.15) is 5.69 Å². The number of anilines is 1. The zero-order valence-electron chi connectivity index (χ0n) is 19.7. The Morgan fingerprint density at radius 3 is 2.30 bits per heavy atom. The molecule has 9 nitrogen and oxygen atoms in total. The Morgan fingerprint density at radius 1 is 0.784 bits per heavy atom. The van der Waals surface area contributed by atoms with Crippen molar-refractivity contribution in [2.45, 2.75) is 6.92 Å². The molecule has 0 aliphatic rings. The number of nitrogens with one attached hydrogen (secondary N) is 3. The molecule has 182 valence electrons. The molecule has 3 amide bonds. The predicted molar refractivity (Wildman–Crippen MR) is 138 cm³/mol. The summed E-state index contributed by atoms with van der Waals surface area (Å²) in [6, 6.07) is 20.5. The number of aromatic nitrogens is 2. The number of hydrogen-bond acceptors (Lipinski definition) is 6. The predicted octanol–water partition coefficient (Wildman–Crippen LogP) is 4.53. The molecular weight excluding hydrogens is 470 g/mol. The summed E-state index contributed by atoms with van der Waals surface area (Å²) in [6.07, 6.45) is 4.55. The van der Waals surface area contributed by atoms with Crippen molar-refractivity contribution in [3.63, 3.8) is 0 Å². The maximum Gasteiger partial charge on any atom is 0.271 e. The molecule has 0 aliphatic heterocycles. The SMILES string of the molecule is Cc1cccc(C(=O)NNC(=O)c2cc(-c3ccco3)nc3ccccc23)c1NC(=O)c1ccncc1. The summed E-state index contributed by atoms with van der Waals surface area (Å²) in [4.78, 5) is 47.4. The van der Waals surface area contributed by atoms with E-state index in [0.717, 1.165) is 0 Å². The van der Waals surface area contributed by atoms with Crippen molar-refractivity contribution in [3.8, 4) is 11.5 Å². The van der Waals surface area contributed by atoms with Gasteiger partial charge >= 0.3 is 0 Å². The average Bonchev–Trinajstić information content (AvgIpc) is 3.48. The summed E-state index contributed by atoms with van der Waals surface area (Å²) >= 11 is 0. The number of amides is 3. The summed E-state index contributed by atoms with van der Waals surface area (Å²) in [5.41, 5.74) is 7.95. The van der Waals surface area contributed by atoms with Gasteiger partial charge in [0.25, 0.3) is 17.7 Å². The standard InChI is InChI=1S/C28H21N5O4/c1-17-6-4-8-20(25(17)31-26(34)18-11-13-29-14-12-18)27(35)32-33-28(36)21-16-23(24-10-5-15-37-24)30-22-9-3-2-7-19(21)22/h2-16H,1H3,(H,31,34)(H,32,35)(H,33,36). The first-order valence-electron chi connectivity index (χ1n) is 11.4. The minimum absolute atomic E-state index is 0.193. The second-order valence-electron chi connectivity index (χ2n) is 8.15. The van der Waals surface area contributed by atoms with Crippen LogP contribution in [0.1, 0.15) is 36.6 Å². The van der Waals surface area contributed by atoms with E-state index in [1.807, 2.05) is 6.07 Å². The number of furan rings is 1. The zero-order valence-corrected chi connectivity index (χ0v) is 19.7. The summed E-state index contributed by atoms with van der Waals surface area (Å²) in [5, 5.41) is 3.40. The molecule has 0 radical (unpaired) electrons. The number of carbonyl (C=O) groups excluding carboxylic acids is 3. The molecule has 0 saturated carbocycles. The Kier molecular flexibility index (Phi) is 6.41. The average molecular weight is 492 g/mol. The lowest BCUT2D eigenvalue weighted by molar-refractivity contribution is 0.0848. The van der Waals surface area contributed by atoms with Crippen LogP contribution in [0.4, 0.5) is 5.69 Å². The molecule has 0 aliphatic carbocycles. The molecule has 5 aromatic rings. The third kappa shape index (κ3) is 4.92. The van der Waals surface area contributed by atoms with Crippen LogP contribution in [0.2, 0.25) is 0 Å². The molecule has 0 spiro atoms. The van der Waals surface area contributed by atoms with Gasteiger partial charge in [0, 0.05) is 23.3 Å². The van der Waals surface area contributed by atoms with Crippen LogP contribution in [0.15, 0.2) is 95.9 Å². The first-order valence-corrected chi connectivity index (χ1v) is 11.4. The molecule has 9 heteroatoms. The molecule has 0 fully saturated rings. The van der Waals surface area contributed by atoms with Crippen LogP contribution in [0, 0.1) is 6.92 Å². The van der Waals surface area contributed by atoms with E-state index in [-0.39, 0.29) is 11.5 Å². The van der Waals surface area contributed by atoms with Gasteiger partial charge in [0.05, 0.1) is 28.6 Å². The number of pyridine rings is 2. The van der Waals surface area contributed by atoms with Crippen LogP contribution in [0.25, 0.3) is 22.4 Å². The lowest BCUT2D eigenvalue weighted by Gasteiger charge is -2.15. The number of benzene rings is 2. The van der Waals surface area contributed by atoms with Crippen LogP contribution < -0.4 is 16.2 Å². The third-order valence-electron chi connectivity index (χ3n) is 5.72. The molecule has 0 atom stereocenters. The van der Waals surface area contributed by atoms with E-state index in [1.54, 1.807) is 73.7 Å². The Morgan fingerprint density at radius 2 is 1.54 bits per heavy atom. The highest BCUT2D eigenvalue weighted by molar-refractivity contribution is 6.11. The van der Waals surface area contributed by atoms with Crippen LogP contribution in [0.3, 0.4) is 0 Å². The van der Waals surface area contributed by atoms with E-state index in [9.17, 15) is 14.4 Å². The number of rotatable bonds is 5. The Bertz CT molecular complexity index is 1620. The summed E-state index contributed by atoms with van der Waals surface area (Å²) in [6.45, 7) is 1.77. The number of hydrazine groups is 1. The normalized spacial score (nSPS) is 10.6. The van der Waals surface area contributed by atoms with E-state index in [1.165, 1.54) is 18.7 Å². The fourth-order valence-electron chi connectivity index (χ4n) is 3.87. The fourth-order valence-corrected chi connectivity index (χ4v) is 3.87. The third-order valence-corrected chi connectivity index (χ3v) is 5.72. The molecule has 0 saturated heterocycles. The lowest BCUT2D eigenvalue weighted by atomic mass is 10.1. The fraction of sp³-hybridized carbons (Fsp3) is 0.0357. The molecule has 3 aromatic heterocycles. The number of aryl methyl sites for hydroxylation is 1. The molecule has 3 heterocycles. The van der Waals surface area contributed by atoms with E-state index in [0.29, 0.717) is 44.7 Å². The first kappa shape index (κ1) is 23.4. The van der Waals surface area contributed by atoms with Gasteiger partial charge in [-0.3, -0.25) is 30.2 Å². The topological polar surface area (TPSA) is 126 Å². The number of fused-ring (bicyclic) bond motifs is 1. The highest BCUT2D eigenvalue weighted by atomic mass is 16.3. The Hall–Kier alpha value is -5.31. The second-order valence-corrected chi connectivity index (χ2v) is 8.15. The lowest BCUT2D eigenvalue weighted by Crippen LogP contribution is -2.42. The minimum atomic E-state index is -0.591. The van der Waals surface area contributed by atoms with E-state index >= 15 is 0 Å². The van der Waals surface area contributed by atoms with E-state index in [4.69, 9.17) is 4.42 Å². The quantitative estimate of drug-likeness (QED) is 0.310. The van der Waals surface area contributed by atoms with Crippen molar-refractivity contribution >= 4 is 34.3 Å². The number of nitrogens with zero attached hydrogens (tertiary/aromatic N) is 2. The number of hydrogen-bond donors (Lipinski definition) is 3. The van der Waals surface area contributed by atoms with Gasteiger partial charge in [-0.05, 0) is 55.0 Å². The van der Waals surface area contributed by atoms with Crippen molar-refractivity contribution in [2.75, 3.05) is 5.32 Å². The van der Waals surface area contributed by atoms with Crippen molar-refractivity contribution in [1.82, 2.24) is 20.8 Å². The Labute approximate surface area is 211 Å². The second kappa shape index (κ2) is 10.1. The molecular formula is C28H21N5O4. The van der Waals surface area contributed by atoms with E-state index in [2.05, 4.69) is 26.1 Å². The van der Waals surface area contributed by atoms with Crippen molar-refractivity contribution < 1.29 is 18.8 Å². The first-order chi connectivity index (χ1) is 18.0. The highest BCUT2D eigenvalue weighted by Gasteiger charge is 2.19. The Balaban J connectivity index is 1.38. The van der Waals surface area contributed by atoms with Gasteiger partial charge in [0.15, 0.2) is 5.76 Å². The highest BCUT2D eigenvalue weighted by Crippen LogP contribution is 2.25. The van der Waals surface area contributed by atoms with Crippen molar-refractivity contribution in [3.05, 3.63) is 114 Å². The van der Waals surface area contributed by atoms with Gasteiger partial charge in [-0.1, -0.05) is 30.3 Å². The van der Waals surface area contributed by atoms with Crippen LogP contribution in [-0.4, -0.2) is 27.7 Å². The van der Waals surface area contributed by atoms with Crippen LogP contribution in [-0.2, 0) is 0 Å². The van der Waals surface area contributed by atoms with Crippen LogP contribution in [0.5, 0.6) is 0 Å². The molecule has 37 heavy (non-hydrogen) atoms. The van der Waals surface area contributed by atoms with E-state index < -0.39 is 11.8 Å². The largest absolute Gasteiger partial charge is 0.463 e. The smallest absolute Gasteiger partial charge is 0.271 e. The molecule has 3 N–H and O–H groups in total. The van der Waals surface area contributed by atoms with Crippen LogP contribution >= 0.6 is 0 Å². The minimum Gasteiger partial charge on any atom is -0.463 e. The number of carbonyl (C=O) groups is 3. The molecule has 0 bridgehead atoms. The van der Waals surface area contributed by atoms with Gasteiger partial charge in [-0.15, -0.1) is 0 Å². The summed E-state index contributed by atoms with van der Waals surface area (Å²) in [5.74, 6) is -0.997. The van der Waals surface area contributed by atoms with Crippen molar-refractivity contribution in [2.24, 2.45) is 0 Å². The number of para-hydroxylation sites is 2. The van der Waals surface area contributed by atoms with Gasteiger partial charge in [0.2, 0.25) is 0 Å². The molecule has 2 aromatic carbocycles. The van der Waals surface area contributed by atoms with Crippen molar-refractivity contribution in [1.29, 1.82) is 0 Å². The summed E-state index contributed by atoms with van der Waals surface area (Å²) in [7, 11) is 0. The monoisotopic (exact) mass is 491 g/mol. The van der Waals surface area contributed by atoms with Gasteiger partial charge < -0.3 is 9.73 Å². The molecule has 0 unspecified atom stereocenters. The maximum absolute atomic E-state index is 13.2.